The summed E-state index contributed by atoms with van der Waals surface area (Å²) in [6, 6.07) is 7.09. The van der Waals surface area contributed by atoms with Gasteiger partial charge in [0.25, 0.3) is 0 Å². The molecule has 27 heavy (non-hydrogen) atoms. The van der Waals surface area contributed by atoms with E-state index in [0.717, 1.165) is 11.1 Å². The van der Waals surface area contributed by atoms with Crippen LogP contribution in [0.3, 0.4) is 0 Å². The Bertz CT molecular complexity index is 692. The van der Waals surface area contributed by atoms with Gasteiger partial charge in [-0.2, -0.15) is 0 Å². The molecule has 1 rings (SSSR count). The van der Waals surface area contributed by atoms with Gasteiger partial charge in [0.15, 0.2) is 5.96 Å². The minimum absolute atomic E-state index is 0.0101. The minimum Gasteiger partial charge on any atom is -0.444 e. The van der Waals surface area contributed by atoms with Gasteiger partial charge in [-0.15, -0.1) is 0 Å². The molecule has 9 heteroatoms. The summed E-state index contributed by atoms with van der Waals surface area (Å²) >= 11 is 0. The number of hydrogen-bond donors (Lipinski definition) is 5. The topological polar surface area (TPSA) is 130 Å². The van der Waals surface area contributed by atoms with Crippen LogP contribution in [0.25, 0.3) is 0 Å². The van der Waals surface area contributed by atoms with E-state index in [-0.39, 0.29) is 5.96 Å². The van der Waals surface area contributed by atoms with Gasteiger partial charge in [-0.05, 0) is 31.9 Å². The predicted octanol–water partition coefficient (Wildman–Crippen LogP) is 1.52. The number of aliphatic imine (C=N–C) groups is 1. The van der Waals surface area contributed by atoms with E-state index >= 15 is 0 Å². The smallest absolute Gasteiger partial charge is 0.407 e. The molecule has 0 fully saturated rings. The van der Waals surface area contributed by atoms with Crippen LogP contribution in [-0.4, -0.2) is 30.7 Å². The van der Waals surface area contributed by atoms with Crippen LogP contribution >= 0.6 is 0 Å². The Morgan fingerprint density at radius 3 is 2.07 bits per heavy atom. The molecule has 0 heterocycles. The summed E-state index contributed by atoms with van der Waals surface area (Å²) in [5, 5.41) is 10.5. The van der Waals surface area contributed by atoms with E-state index < -0.39 is 17.7 Å². The van der Waals surface area contributed by atoms with Gasteiger partial charge in [-0.1, -0.05) is 30.8 Å². The van der Waals surface area contributed by atoms with E-state index in [9.17, 15) is 9.59 Å². The van der Waals surface area contributed by atoms with Gasteiger partial charge in [-0.25, -0.2) is 9.59 Å². The second kappa shape index (κ2) is 10.0. The van der Waals surface area contributed by atoms with Crippen molar-refractivity contribution in [2.45, 2.75) is 39.5 Å². The van der Waals surface area contributed by atoms with Crippen molar-refractivity contribution in [3.63, 3.8) is 0 Å². The van der Waals surface area contributed by atoms with Crippen LogP contribution in [0.2, 0.25) is 0 Å². The summed E-state index contributed by atoms with van der Waals surface area (Å²) in [4.78, 5) is 26.8. The molecule has 148 valence electrons. The Labute approximate surface area is 159 Å². The van der Waals surface area contributed by atoms with Crippen LogP contribution < -0.4 is 27.0 Å². The highest BCUT2D eigenvalue weighted by molar-refractivity contribution is 5.95. The highest BCUT2D eigenvalue weighted by Gasteiger charge is 2.15. The molecule has 0 aliphatic carbocycles. The number of amides is 3. The van der Waals surface area contributed by atoms with Crippen LogP contribution in [0, 0.1) is 0 Å². The third-order valence-corrected chi connectivity index (χ3v) is 3.11. The summed E-state index contributed by atoms with van der Waals surface area (Å²) < 4.78 is 5.19. The van der Waals surface area contributed by atoms with E-state index in [1.165, 1.54) is 7.05 Å². The summed E-state index contributed by atoms with van der Waals surface area (Å²) in [7, 11) is 1.47. The quantitative estimate of drug-likeness (QED) is 0.380. The Morgan fingerprint density at radius 1 is 1.07 bits per heavy atom. The average Bonchev–Trinajstić information content (AvgIpc) is 2.57. The molecule has 0 aliphatic rings. The minimum atomic E-state index is -0.529. The molecule has 0 radical (unpaired) electrons. The number of rotatable bonds is 6. The maximum Gasteiger partial charge on any atom is 0.407 e. The third-order valence-electron chi connectivity index (χ3n) is 3.11. The number of nitrogens with one attached hydrogen (secondary N) is 4. The van der Waals surface area contributed by atoms with E-state index in [1.807, 2.05) is 45.0 Å². The van der Waals surface area contributed by atoms with E-state index in [2.05, 4.69) is 32.8 Å². The first-order chi connectivity index (χ1) is 12.6. The number of urea groups is 1. The van der Waals surface area contributed by atoms with Gasteiger partial charge in [0.05, 0.1) is 5.82 Å². The van der Waals surface area contributed by atoms with E-state index in [4.69, 9.17) is 10.5 Å². The molecule has 9 nitrogen and oxygen atoms in total. The second-order valence-corrected chi connectivity index (χ2v) is 6.69. The largest absolute Gasteiger partial charge is 0.444 e. The molecule has 0 saturated carbocycles. The molecule has 0 saturated heterocycles. The van der Waals surface area contributed by atoms with Gasteiger partial charge in [0.1, 0.15) is 5.60 Å². The number of benzene rings is 1. The van der Waals surface area contributed by atoms with E-state index in [0.29, 0.717) is 18.9 Å². The van der Waals surface area contributed by atoms with Crippen molar-refractivity contribution in [1.29, 1.82) is 0 Å². The van der Waals surface area contributed by atoms with Crippen LogP contribution in [0.15, 0.2) is 41.7 Å². The first-order valence-electron chi connectivity index (χ1n) is 8.37. The van der Waals surface area contributed by atoms with Crippen molar-refractivity contribution in [1.82, 2.24) is 21.3 Å². The summed E-state index contributed by atoms with van der Waals surface area (Å²) in [6.45, 7) is 9.99. The molecule has 1 aromatic rings. The number of carbonyl (C=O) groups is 2. The predicted molar refractivity (Wildman–Crippen MR) is 105 cm³/mol. The number of hydrogen-bond acceptors (Lipinski definition) is 5. The monoisotopic (exact) mass is 376 g/mol. The second-order valence-electron chi connectivity index (χ2n) is 6.69. The molecule has 1 aromatic carbocycles. The van der Waals surface area contributed by atoms with Crippen molar-refractivity contribution in [2.75, 3.05) is 7.05 Å². The summed E-state index contributed by atoms with van der Waals surface area (Å²) in [5.41, 5.74) is 6.79. The zero-order valence-electron chi connectivity index (χ0n) is 16.2. The lowest BCUT2D eigenvalue weighted by atomic mass is 10.1. The van der Waals surface area contributed by atoms with Crippen molar-refractivity contribution in [2.24, 2.45) is 10.7 Å². The summed E-state index contributed by atoms with van der Waals surface area (Å²) in [5.74, 6) is 0.336. The maximum atomic E-state index is 11.6. The zero-order chi connectivity index (χ0) is 20.4. The number of guanidine groups is 1. The van der Waals surface area contributed by atoms with Crippen molar-refractivity contribution >= 4 is 18.1 Å². The van der Waals surface area contributed by atoms with Crippen LogP contribution in [0.5, 0.6) is 0 Å². The Hall–Kier alpha value is -3.23. The highest BCUT2D eigenvalue weighted by Crippen LogP contribution is 2.08. The normalized spacial score (nSPS) is 11.3. The molecule has 0 unspecified atom stereocenters. The molecule has 0 bridgehead atoms. The van der Waals surface area contributed by atoms with Gasteiger partial charge in [-0.3, -0.25) is 15.6 Å². The fourth-order valence-corrected chi connectivity index (χ4v) is 1.86. The van der Waals surface area contributed by atoms with Crippen molar-refractivity contribution < 1.29 is 14.3 Å². The lowest BCUT2D eigenvalue weighted by Crippen LogP contribution is -2.44. The molecular formula is C18H28N6O3. The molecule has 0 atom stereocenters. The first-order valence-corrected chi connectivity index (χ1v) is 8.37. The van der Waals surface area contributed by atoms with Crippen LogP contribution in [0.4, 0.5) is 9.59 Å². The molecule has 3 amide bonds. The standard InChI is InChI=1S/C18H28N6O3/c1-12(23-16(25)24-15(19)20-5)21-10-13-6-8-14(9-7-13)11-22-17(26)27-18(2,3)4/h6-9,21H,1,10-11H2,2-5H3,(H,22,26)(H4,19,20,23,24,25). The number of ether oxygens (including phenoxy) is 1. The number of carbonyl (C=O) groups excluding carboxylic acids is 2. The number of alkyl carbamates (subject to hydrolysis) is 1. The first kappa shape index (κ1) is 21.8. The van der Waals surface area contributed by atoms with Crippen LogP contribution in [-0.2, 0) is 17.8 Å². The van der Waals surface area contributed by atoms with Gasteiger partial charge in [0, 0.05) is 20.1 Å². The van der Waals surface area contributed by atoms with Crippen molar-refractivity contribution in [3.8, 4) is 0 Å². The van der Waals surface area contributed by atoms with Gasteiger partial charge in [0.2, 0.25) is 0 Å². The van der Waals surface area contributed by atoms with E-state index in [1.54, 1.807) is 0 Å². The molecule has 6 N–H and O–H groups in total. The van der Waals surface area contributed by atoms with Gasteiger partial charge < -0.3 is 21.1 Å². The highest BCUT2D eigenvalue weighted by atomic mass is 16.6. The van der Waals surface area contributed by atoms with Gasteiger partial charge >= 0.3 is 12.1 Å². The lowest BCUT2D eigenvalue weighted by Gasteiger charge is -2.19. The number of nitrogens with zero attached hydrogens (tertiary/aromatic N) is 1. The fraction of sp³-hybridized carbons (Fsp3) is 0.389. The number of nitrogens with two attached hydrogens (primary N) is 1. The molecular weight excluding hydrogens is 348 g/mol. The SMILES string of the molecule is C=C(NCc1ccc(CNC(=O)OC(C)(C)C)cc1)NC(=O)NC(N)=NC. The Morgan fingerprint density at radius 2 is 1.59 bits per heavy atom. The van der Waals surface area contributed by atoms with Crippen molar-refractivity contribution in [3.05, 3.63) is 47.8 Å². The molecule has 0 spiro atoms. The third kappa shape index (κ3) is 9.73. The Balaban J connectivity index is 2.38. The zero-order valence-corrected chi connectivity index (χ0v) is 16.2. The lowest BCUT2D eigenvalue weighted by molar-refractivity contribution is 0.0523. The maximum absolute atomic E-state index is 11.6. The van der Waals surface area contributed by atoms with Crippen LogP contribution in [0.1, 0.15) is 31.9 Å². The molecule has 0 aliphatic heterocycles. The average molecular weight is 376 g/mol. The Kier molecular flexibility index (Phi) is 8.12. The fourth-order valence-electron chi connectivity index (χ4n) is 1.86. The molecule has 0 aromatic heterocycles. The summed E-state index contributed by atoms with van der Waals surface area (Å²) in [6.07, 6.45) is -0.456.